The number of hydrogen-bond donors (Lipinski definition) is 1. The summed E-state index contributed by atoms with van der Waals surface area (Å²) in [5.41, 5.74) is 4.62. The van der Waals surface area contributed by atoms with E-state index in [2.05, 4.69) is 10.5 Å². The molecule has 0 fully saturated rings. The molecule has 0 aliphatic rings. The molecule has 0 aliphatic heterocycles. The lowest BCUT2D eigenvalue weighted by Gasteiger charge is -2.12. The maximum Gasteiger partial charge on any atom is 0.271 e. The van der Waals surface area contributed by atoms with Gasteiger partial charge in [-0.1, -0.05) is 29.8 Å². The minimum atomic E-state index is -0.314. The summed E-state index contributed by atoms with van der Waals surface area (Å²) in [7, 11) is 1.56. The molecule has 1 N–H and O–H groups in total. The molecule has 3 aromatic carbocycles. The Balaban J connectivity index is 1.60. The van der Waals surface area contributed by atoms with Crippen LogP contribution in [-0.2, 0) is 6.61 Å². The number of rotatable bonds is 9. The van der Waals surface area contributed by atoms with E-state index in [0.717, 1.165) is 11.1 Å². The van der Waals surface area contributed by atoms with Gasteiger partial charge >= 0.3 is 0 Å². The molecule has 0 saturated carbocycles. The Morgan fingerprint density at radius 2 is 1.81 bits per heavy atom. The van der Waals surface area contributed by atoms with Crippen molar-refractivity contribution in [3.05, 3.63) is 88.4 Å². The van der Waals surface area contributed by atoms with Crippen molar-refractivity contribution in [2.45, 2.75) is 13.5 Å². The van der Waals surface area contributed by atoms with Crippen LogP contribution in [0.5, 0.6) is 17.2 Å². The SMILES string of the molecule is CCOc1ccc(C(=O)N/N=C\c2ccc(OCc3ccccc3Cl)c(OC)c2)cc1. The Labute approximate surface area is 186 Å². The Morgan fingerprint density at radius 3 is 2.52 bits per heavy atom. The fourth-order valence-corrected chi connectivity index (χ4v) is 2.94. The third-order valence-corrected chi connectivity index (χ3v) is 4.70. The summed E-state index contributed by atoms with van der Waals surface area (Å²) in [4.78, 5) is 12.2. The van der Waals surface area contributed by atoms with Crippen LogP contribution in [0.4, 0.5) is 0 Å². The third kappa shape index (κ3) is 6.23. The zero-order chi connectivity index (χ0) is 22.1. The molecule has 0 spiro atoms. The summed E-state index contributed by atoms with van der Waals surface area (Å²) < 4.78 is 16.6. The van der Waals surface area contributed by atoms with Crippen LogP contribution in [0.25, 0.3) is 0 Å². The van der Waals surface area contributed by atoms with E-state index in [1.807, 2.05) is 37.3 Å². The Morgan fingerprint density at radius 1 is 1.03 bits per heavy atom. The highest BCUT2D eigenvalue weighted by Gasteiger charge is 2.08. The molecule has 7 heteroatoms. The van der Waals surface area contributed by atoms with Gasteiger partial charge in [0.2, 0.25) is 0 Å². The second-order valence-electron chi connectivity index (χ2n) is 6.45. The van der Waals surface area contributed by atoms with Gasteiger partial charge in [-0.05, 0) is 61.0 Å². The van der Waals surface area contributed by atoms with E-state index in [0.29, 0.717) is 41.0 Å². The average Bonchev–Trinajstić information content (AvgIpc) is 2.79. The van der Waals surface area contributed by atoms with Crippen LogP contribution in [0.1, 0.15) is 28.4 Å². The molecule has 3 rings (SSSR count). The largest absolute Gasteiger partial charge is 0.494 e. The van der Waals surface area contributed by atoms with Gasteiger partial charge in [-0.3, -0.25) is 4.79 Å². The summed E-state index contributed by atoms with van der Waals surface area (Å²) in [6, 6.07) is 19.7. The number of ether oxygens (including phenoxy) is 3. The topological polar surface area (TPSA) is 69.2 Å². The van der Waals surface area contributed by atoms with Gasteiger partial charge < -0.3 is 14.2 Å². The number of benzene rings is 3. The van der Waals surface area contributed by atoms with Gasteiger partial charge in [0, 0.05) is 16.1 Å². The molecule has 160 valence electrons. The average molecular weight is 439 g/mol. The zero-order valence-electron chi connectivity index (χ0n) is 17.3. The molecule has 0 atom stereocenters. The molecule has 1 amide bonds. The van der Waals surface area contributed by atoms with Crippen molar-refractivity contribution in [1.82, 2.24) is 5.43 Å². The van der Waals surface area contributed by atoms with Gasteiger partial charge in [-0.25, -0.2) is 5.43 Å². The van der Waals surface area contributed by atoms with E-state index < -0.39 is 0 Å². The first-order chi connectivity index (χ1) is 15.1. The second-order valence-corrected chi connectivity index (χ2v) is 6.85. The predicted molar refractivity (Wildman–Crippen MR) is 121 cm³/mol. The van der Waals surface area contributed by atoms with Crippen molar-refractivity contribution < 1.29 is 19.0 Å². The number of hydrogen-bond acceptors (Lipinski definition) is 5. The molecule has 0 radical (unpaired) electrons. The standard InChI is InChI=1S/C24H23ClN2O4/c1-3-30-20-11-9-18(10-12-20)24(28)27-26-15-17-8-13-22(23(14-17)29-2)31-16-19-6-4-5-7-21(19)25/h4-15H,3,16H2,1-2H3,(H,27,28)/b26-15-. The van der Waals surface area contributed by atoms with Crippen LogP contribution >= 0.6 is 11.6 Å². The summed E-state index contributed by atoms with van der Waals surface area (Å²) in [5, 5.41) is 4.66. The van der Waals surface area contributed by atoms with Gasteiger partial charge in [0.1, 0.15) is 12.4 Å². The summed E-state index contributed by atoms with van der Waals surface area (Å²) >= 11 is 6.17. The van der Waals surface area contributed by atoms with Crippen LogP contribution in [0.3, 0.4) is 0 Å². The van der Waals surface area contributed by atoms with Crippen molar-refractivity contribution in [3.8, 4) is 17.2 Å². The molecule has 0 saturated heterocycles. The number of nitrogens with one attached hydrogen (secondary N) is 1. The summed E-state index contributed by atoms with van der Waals surface area (Å²) in [5.74, 6) is 1.53. The molecular formula is C24H23ClN2O4. The monoisotopic (exact) mass is 438 g/mol. The molecule has 31 heavy (non-hydrogen) atoms. The van der Waals surface area contributed by atoms with E-state index in [1.54, 1.807) is 43.5 Å². The molecule has 0 aliphatic carbocycles. The van der Waals surface area contributed by atoms with E-state index in [4.69, 9.17) is 25.8 Å². The maximum atomic E-state index is 12.2. The molecule has 0 bridgehead atoms. The number of hydrazone groups is 1. The summed E-state index contributed by atoms with van der Waals surface area (Å²) in [6.45, 7) is 2.80. The van der Waals surface area contributed by atoms with Crippen molar-refractivity contribution in [3.63, 3.8) is 0 Å². The maximum absolute atomic E-state index is 12.2. The molecule has 6 nitrogen and oxygen atoms in total. The fourth-order valence-electron chi connectivity index (χ4n) is 2.75. The second kappa shape index (κ2) is 11.0. The number of amides is 1. The lowest BCUT2D eigenvalue weighted by molar-refractivity contribution is 0.0955. The van der Waals surface area contributed by atoms with Gasteiger partial charge in [0.15, 0.2) is 11.5 Å². The Bertz CT molecular complexity index is 1050. The highest BCUT2D eigenvalue weighted by Crippen LogP contribution is 2.29. The minimum Gasteiger partial charge on any atom is -0.494 e. The first-order valence-electron chi connectivity index (χ1n) is 9.71. The number of carbonyl (C=O) groups is 1. The number of carbonyl (C=O) groups excluding carboxylic acids is 1. The Hall–Kier alpha value is -3.51. The minimum absolute atomic E-state index is 0.314. The normalized spacial score (nSPS) is 10.7. The predicted octanol–water partition coefficient (Wildman–Crippen LogP) is 5.09. The van der Waals surface area contributed by atoms with Gasteiger partial charge in [-0.2, -0.15) is 5.10 Å². The van der Waals surface area contributed by atoms with Crippen LogP contribution in [0.15, 0.2) is 71.8 Å². The van der Waals surface area contributed by atoms with Crippen molar-refractivity contribution in [2.24, 2.45) is 5.10 Å². The number of nitrogens with zero attached hydrogens (tertiary/aromatic N) is 1. The van der Waals surface area contributed by atoms with Crippen LogP contribution < -0.4 is 19.6 Å². The van der Waals surface area contributed by atoms with Gasteiger partial charge in [0.25, 0.3) is 5.91 Å². The van der Waals surface area contributed by atoms with Crippen LogP contribution in [-0.4, -0.2) is 25.8 Å². The first kappa shape index (κ1) is 22.2. The van der Waals surface area contributed by atoms with E-state index in [-0.39, 0.29) is 5.91 Å². The van der Waals surface area contributed by atoms with Gasteiger partial charge in [-0.15, -0.1) is 0 Å². The van der Waals surface area contributed by atoms with Crippen molar-refractivity contribution >= 4 is 23.7 Å². The van der Waals surface area contributed by atoms with E-state index >= 15 is 0 Å². The smallest absolute Gasteiger partial charge is 0.271 e. The Kier molecular flexibility index (Phi) is 7.90. The van der Waals surface area contributed by atoms with E-state index in [1.165, 1.54) is 6.21 Å². The highest BCUT2D eigenvalue weighted by molar-refractivity contribution is 6.31. The van der Waals surface area contributed by atoms with Gasteiger partial charge in [0.05, 0.1) is 19.9 Å². The quantitative estimate of drug-likeness (QED) is 0.373. The highest BCUT2D eigenvalue weighted by atomic mass is 35.5. The van der Waals surface area contributed by atoms with Crippen LogP contribution in [0, 0.1) is 0 Å². The first-order valence-corrected chi connectivity index (χ1v) is 10.1. The van der Waals surface area contributed by atoms with E-state index in [9.17, 15) is 4.79 Å². The molecule has 0 heterocycles. The molecule has 0 aromatic heterocycles. The fraction of sp³-hybridized carbons (Fsp3) is 0.167. The molecular weight excluding hydrogens is 416 g/mol. The molecule has 3 aromatic rings. The molecule has 0 unspecified atom stereocenters. The number of halogens is 1. The van der Waals surface area contributed by atoms with Crippen LogP contribution in [0.2, 0.25) is 5.02 Å². The van der Waals surface area contributed by atoms with Crippen molar-refractivity contribution in [1.29, 1.82) is 0 Å². The zero-order valence-corrected chi connectivity index (χ0v) is 18.1. The third-order valence-electron chi connectivity index (χ3n) is 4.34. The lowest BCUT2D eigenvalue weighted by Crippen LogP contribution is -2.17. The summed E-state index contributed by atoms with van der Waals surface area (Å²) in [6.07, 6.45) is 1.53. The number of methoxy groups -OCH3 is 1. The lowest BCUT2D eigenvalue weighted by atomic mass is 10.2. The van der Waals surface area contributed by atoms with Crippen molar-refractivity contribution in [2.75, 3.05) is 13.7 Å².